The molecule has 4 fully saturated rings. The first-order chi connectivity index (χ1) is 28.7. The minimum absolute atomic E-state index is 0.0172. The number of sulfonamides is 1. The highest BCUT2D eigenvalue weighted by Crippen LogP contribution is 2.48. The van der Waals surface area contributed by atoms with E-state index in [4.69, 9.17) is 19.2 Å². The van der Waals surface area contributed by atoms with Gasteiger partial charge in [-0.05, 0) is 74.3 Å². The average Bonchev–Trinajstić information content (AvgIpc) is 4.15. The SMILES string of the molecule is COc1cc2nc(-c3ccccc3)cc3c2cc1CCCC(C)(C)COC(=O)N[C@H]1CCCCCCC[C@@H]2C[C@@]2(C(=O)NS(=O)(=O)C2CC2)NC(=O)[C@@H]2C[C@H](CN2C1=O)O3. The van der Waals surface area contributed by atoms with Gasteiger partial charge in [-0.1, -0.05) is 76.3 Å². The van der Waals surface area contributed by atoms with E-state index in [2.05, 4.69) is 15.4 Å². The van der Waals surface area contributed by atoms with Gasteiger partial charge in [0.05, 0.1) is 36.7 Å². The van der Waals surface area contributed by atoms with Crippen LogP contribution in [0.3, 0.4) is 0 Å². The summed E-state index contributed by atoms with van der Waals surface area (Å²) in [7, 11) is -2.25. The van der Waals surface area contributed by atoms with Crippen molar-refractivity contribution in [2.75, 3.05) is 20.3 Å². The predicted octanol–water partition coefficient (Wildman–Crippen LogP) is 5.94. The van der Waals surface area contributed by atoms with Gasteiger partial charge < -0.3 is 29.7 Å². The zero-order valence-corrected chi connectivity index (χ0v) is 35.6. The van der Waals surface area contributed by atoms with Crippen LogP contribution in [0.2, 0.25) is 0 Å². The molecule has 3 aromatic rings. The second-order valence-electron chi connectivity index (χ2n) is 18.2. The van der Waals surface area contributed by atoms with Crippen LogP contribution in [-0.4, -0.2) is 91.4 Å². The Bertz CT molecular complexity index is 2250. The monoisotopic (exact) mass is 843 g/mol. The van der Waals surface area contributed by atoms with E-state index in [0.29, 0.717) is 67.7 Å². The maximum Gasteiger partial charge on any atom is 0.407 e. The molecule has 2 aliphatic carbocycles. The van der Waals surface area contributed by atoms with E-state index >= 15 is 0 Å². The largest absolute Gasteiger partial charge is 0.496 e. The highest BCUT2D eigenvalue weighted by Gasteiger charge is 2.62. The summed E-state index contributed by atoms with van der Waals surface area (Å²) in [6.07, 6.45) is 7.24. The van der Waals surface area contributed by atoms with Crippen LogP contribution in [0.25, 0.3) is 22.2 Å². The summed E-state index contributed by atoms with van der Waals surface area (Å²) in [4.78, 5) is 63.3. The first kappa shape index (κ1) is 41.8. The number of benzene rings is 2. The smallest absolute Gasteiger partial charge is 0.407 e. The standard InChI is InChI=1S/C45H57N5O9S/c1-44(2)20-12-15-29-21-33-36(24-38(29)57-3)46-35(28-13-8-7-9-14-28)23-39(33)59-31-22-37-40(51)48-45(42(53)49-60(55,56)32-18-19-32)25-30(45)16-10-5-4-6-11-17-34(41(52)50(37)26-31)47-43(54)58-27-44/h7-9,13-14,21,23-24,30-32,34,37H,4-6,10-12,15-20,22,25-27H2,1-3H3,(H,47,54)(H,48,51)(H,49,53)/t30-,31-,34+,37+,45-/m1/s1. The number of rotatable bonds is 5. The predicted molar refractivity (Wildman–Crippen MR) is 225 cm³/mol. The lowest BCUT2D eigenvalue weighted by molar-refractivity contribution is -0.141. The van der Waals surface area contributed by atoms with Crippen molar-refractivity contribution in [3.05, 3.63) is 54.1 Å². The van der Waals surface area contributed by atoms with Crippen molar-refractivity contribution in [3.63, 3.8) is 0 Å². The third-order valence-corrected chi connectivity index (χ3v) is 14.8. The molecule has 4 amide bonds. The van der Waals surface area contributed by atoms with Crippen molar-refractivity contribution in [1.29, 1.82) is 0 Å². The molecule has 0 spiro atoms. The number of ether oxygens (including phenoxy) is 3. The average molecular weight is 844 g/mol. The maximum atomic E-state index is 14.8. The van der Waals surface area contributed by atoms with Gasteiger partial charge in [0.2, 0.25) is 21.8 Å². The Morgan fingerprint density at radius 2 is 1.72 bits per heavy atom. The van der Waals surface area contributed by atoms with Crippen molar-refractivity contribution in [2.45, 2.75) is 133 Å². The zero-order chi connectivity index (χ0) is 42.2. The van der Waals surface area contributed by atoms with Crippen LogP contribution >= 0.6 is 0 Å². The number of amides is 4. The van der Waals surface area contributed by atoms with E-state index in [1.807, 2.05) is 62.4 Å². The molecule has 0 unspecified atom stereocenters. The van der Waals surface area contributed by atoms with Gasteiger partial charge in [-0.15, -0.1) is 0 Å². The lowest BCUT2D eigenvalue weighted by Crippen LogP contribution is -2.58. The number of aryl methyl sites for hydroxylation is 1. The fourth-order valence-electron chi connectivity index (χ4n) is 9.21. The Morgan fingerprint density at radius 1 is 0.967 bits per heavy atom. The summed E-state index contributed by atoms with van der Waals surface area (Å²) in [5.74, 6) is -0.781. The molecule has 2 saturated carbocycles. The number of carbonyl (C=O) groups is 4. The number of aromatic nitrogens is 1. The number of cyclic esters (lactones) is 1. The van der Waals surface area contributed by atoms with Crippen molar-refractivity contribution >= 4 is 44.7 Å². The normalized spacial score (nSPS) is 27.8. The van der Waals surface area contributed by atoms with Crippen LogP contribution in [0.1, 0.15) is 103 Å². The van der Waals surface area contributed by atoms with Gasteiger partial charge in [0.15, 0.2) is 0 Å². The third kappa shape index (κ3) is 9.06. The molecule has 3 N–H and O–H groups in total. The van der Waals surface area contributed by atoms with Crippen LogP contribution in [0.4, 0.5) is 4.79 Å². The van der Waals surface area contributed by atoms with Gasteiger partial charge in [-0.3, -0.25) is 19.1 Å². The van der Waals surface area contributed by atoms with Crippen LogP contribution in [0.5, 0.6) is 11.5 Å². The number of hydrogen-bond acceptors (Lipinski definition) is 10. The summed E-state index contributed by atoms with van der Waals surface area (Å²) in [6, 6.07) is 13.5. The Labute approximate surface area is 351 Å². The molecule has 14 nitrogen and oxygen atoms in total. The van der Waals surface area contributed by atoms with Crippen molar-refractivity contribution in [2.24, 2.45) is 11.3 Å². The van der Waals surface area contributed by atoms with Crippen LogP contribution in [0.15, 0.2) is 48.5 Å². The summed E-state index contributed by atoms with van der Waals surface area (Å²) in [5, 5.41) is 5.98. The lowest BCUT2D eigenvalue weighted by atomic mass is 9.87. The molecule has 3 aliphatic heterocycles. The summed E-state index contributed by atoms with van der Waals surface area (Å²) in [5.41, 5.74) is 1.38. The second kappa shape index (κ2) is 16.9. The molecule has 322 valence electrons. The Kier molecular flexibility index (Phi) is 11.7. The Balaban J connectivity index is 1.19. The first-order valence-corrected chi connectivity index (χ1v) is 23.2. The quantitative estimate of drug-likeness (QED) is 0.278. The molecule has 5 aliphatic rings. The second-order valence-corrected chi connectivity index (χ2v) is 20.2. The zero-order valence-electron chi connectivity index (χ0n) is 34.8. The molecule has 1 aromatic heterocycles. The summed E-state index contributed by atoms with van der Waals surface area (Å²) in [6.45, 7) is 4.23. The highest BCUT2D eigenvalue weighted by molar-refractivity contribution is 7.91. The van der Waals surface area contributed by atoms with Crippen LogP contribution in [-0.2, 0) is 35.6 Å². The Hall–Kier alpha value is -4.92. The van der Waals surface area contributed by atoms with E-state index in [0.717, 1.165) is 55.0 Å². The molecule has 0 radical (unpaired) electrons. The number of nitrogens with zero attached hydrogens (tertiary/aromatic N) is 2. The van der Waals surface area contributed by atoms with E-state index in [1.54, 1.807) is 7.11 Å². The summed E-state index contributed by atoms with van der Waals surface area (Å²) >= 11 is 0. The van der Waals surface area contributed by atoms with E-state index in [9.17, 15) is 27.6 Å². The summed E-state index contributed by atoms with van der Waals surface area (Å²) < 4.78 is 46.8. The number of pyridine rings is 1. The Morgan fingerprint density at radius 3 is 2.47 bits per heavy atom. The fourth-order valence-corrected chi connectivity index (χ4v) is 10.6. The van der Waals surface area contributed by atoms with Gasteiger partial charge in [0.1, 0.15) is 35.2 Å². The minimum atomic E-state index is -3.88. The van der Waals surface area contributed by atoms with Crippen molar-refractivity contribution in [3.8, 4) is 22.8 Å². The van der Waals surface area contributed by atoms with Gasteiger partial charge in [-0.25, -0.2) is 18.2 Å². The minimum Gasteiger partial charge on any atom is -0.496 e. The molecular weight excluding hydrogens is 787 g/mol. The highest BCUT2D eigenvalue weighted by atomic mass is 32.2. The lowest BCUT2D eigenvalue weighted by Gasteiger charge is -2.30. The number of hydrogen-bond donors (Lipinski definition) is 3. The molecule has 15 heteroatoms. The fraction of sp³-hybridized carbons (Fsp3) is 0.578. The number of carbonyl (C=O) groups excluding carboxylic acids is 4. The molecule has 5 atom stereocenters. The molecule has 8 rings (SSSR count). The van der Waals surface area contributed by atoms with E-state index < -0.39 is 62.8 Å². The third-order valence-electron chi connectivity index (χ3n) is 13.0. The number of alkyl carbamates (subject to hydrolysis) is 1. The number of nitrogens with one attached hydrogen (secondary N) is 3. The maximum absolute atomic E-state index is 14.8. The van der Waals surface area contributed by atoms with E-state index in [1.165, 1.54) is 4.90 Å². The van der Waals surface area contributed by atoms with E-state index in [-0.39, 0.29) is 30.9 Å². The molecule has 4 heterocycles. The molecule has 2 saturated heterocycles. The van der Waals surface area contributed by atoms with Gasteiger partial charge in [-0.2, -0.15) is 0 Å². The first-order valence-electron chi connectivity index (χ1n) is 21.6. The molecule has 5 bridgehead atoms. The van der Waals surface area contributed by atoms with Crippen molar-refractivity contribution in [1.82, 2.24) is 25.2 Å². The van der Waals surface area contributed by atoms with Gasteiger partial charge in [0.25, 0.3) is 5.91 Å². The topological polar surface area (TPSA) is 182 Å². The van der Waals surface area contributed by atoms with Crippen molar-refractivity contribution < 1.29 is 41.8 Å². The number of methoxy groups -OCH3 is 1. The van der Waals surface area contributed by atoms with Crippen LogP contribution < -0.4 is 24.8 Å². The van der Waals surface area contributed by atoms with Gasteiger partial charge >= 0.3 is 6.09 Å². The van der Waals surface area contributed by atoms with Gasteiger partial charge in [0, 0.05) is 29.5 Å². The molecule has 60 heavy (non-hydrogen) atoms. The number of fused-ring (bicyclic) bond motifs is 4. The molecule has 2 aromatic carbocycles. The molecular formula is C45H57N5O9S. The van der Waals surface area contributed by atoms with Crippen LogP contribution in [0, 0.1) is 11.3 Å².